The van der Waals surface area contributed by atoms with Crippen molar-refractivity contribution in [1.29, 1.82) is 0 Å². The van der Waals surface area contributed by atoms with Crippen LogP contribution in [-0.4, -0.2) is 22.1 Å². The molecule has 1 aromatic heterocycles. The molecule has 0 bridgehead atoms. The second-order valence-electron chi connectivity index (χ2n) is 5.26. The Morgan fingerprint density at radius 1 is 1.19 bits per heavy atom. The lowest BCUT2D eigenvalue weighted by molar-refractivity contribution is 0.101. The van der Waals surface area contributed by atoms with Crippen LogP contribution in [0.1, 0.15) is 17.3 Å². The van der Waals surface area contributed by atoms with Gasteiger partial charge in [0.15, 0.2) is 11.6 Å². The fourth-order valence-electron chi connectivity index (χ4n) is 2.40. The topological polar surface area (TPSA) is 56.1 Å². The van der Waals surface area contributed by atoms with E-state index in [1.54, 1.807) is 13.1 Å². The van der Waals surface area contributed by atoms with E-state index < -0.39 is 28.9 Å². The molecule has 134 valence electrons. The zero-order chi connectivity index (χ0) is 18.7. The Balaban J connectivity index is 1.87. The van der Waals surface area contributed by atoms with Gasteiger partial charge in [-0.1, -0.05) is 0 Å². The first kappa shape index (κ1) is 17.5. The van der Waals surface area contributed by atoms with E-state index in [2.05, 4.69) is 10.3 Å². The molecule has 3 aromatic rings. The van der Waals surface area contributed by atoms with E-state index in [0.717, 1.165) is 18.2 Å². The van der Waals surface area contributed by atoms with Crippen LogP contribution in [0.4, 0.5) is 18.9 Å². The number of imidazole rings is 1. The highest BCUT2D eigenvalue weighted by molar-refractivity contribution is 6.05. The van der Waals surface area contributed by atoms with Gasteiger partial charge in [-0.05, 0) is 37.3 Å². The van der Waals surface area contributed by atoms with Crippen LogP contribution < -0.4 is 10.1 Å². The maximum absolute atomic E-state index is 14.3. The molecule has 0 fully saturated rings. The summed E-state index contributed by atoms with van der Waals surface area (Å²) in [6, 6.07) is 5.92. The van der Waals surface area contributed by atoms with E-state index in [9.17, 15) is 18.0 Å². The first-order valence-corrected chi connectivity index (χ1v) is 7.71. The number of anilines is 1. The predicted octanol–water partition coefficient (Wildman–Crippen LogP) is 3.94. The van der Waals surface area contributed by atoms with Crippen LogP contribution in [0.25, 0.3) is 5.69 Å². The van der Waals surface area contributed by atoms with Crippen LogP contribution in [0.15, 0.2) is 49.1 Å². The molecule has 0 unspecified atom stereocenters. The lowest BCUT2D eigenvalue weighted by atomic mass is 10.1. The molecule has 2 aromatic carbocycles. The summed E-state index contributed by atoms with van der Waals surface area (Å²) in [6.07, 6.45) is 4.47. The Morgan fingerprint density at radius 2 is 2.00 bits per heavy atom. The number of carbonyl (C=O) groups excluding carboxylic acids is 1. The Morgan fingerprint density at radius 3 is 2.65 bits per heavy atom. The van der Waals surface area contributed by atoms with Gasteiger partial charge in [-0.15, -0.1) is 0 Å². The Labute approximate surface area is 147 Å². The van der Waals surface area contributed by atoms with Crippen LogP contribution in [-0.2, 0) is 0 Å². The van der Waals surface area contributed by atoms with E-state index in [-0.39, 0.29) is 23.7 Å². The first-order chi connectivity index (χ1) is 12.5. The van der Waals surface area contributed by atoms with Crippen molar-refractivity contribution in [1.82, 2.24) is 9.55 Å². The first-order valence-electron chi connectivity index (χ1n) is 7.71. The number of amides is 1. The molecule has 0 radical (unpaired) electrons. The van der Waals surface area contributed by atoms with Gasteiger partial charge in [0, 0.05) is 18.1 Å². The van der Waals surface area contributed by atoms with Crippen molar-refractivity contribution in [3.05, 3.63) is 72.1 Å². The smallest absolute Gasteiger partial charge is 0.261 e. The lowest BCUT2D eigenvalue weighted by Gasteiger charge is -2.11. The number of hydrogen-bond acceptors (Lipinski definition) is 3. The summed E-state index contributed by atoms with van der Waals surface area (Å²) in [5.41, 5.74) is -0.525. The van der Waals surface area contributed by atoms with Gasteiger partial charge in [0.1, 0.15) is 17.2 Å². The third-order valence-electron chi connectivity index (χ3n) is 3.57. The number of hydrogen-bond donors (Lipinski definition) is 1. The standard InChI is InChI=1S/C18H14F3N3O2/c1-2-26-15-6-4-12(19)16(17(15)21)18(25)23-11-3-5-14(13(20)9-11)24-8-7-22-10-24/h3-10H,2H2,1H3,(H,23,25). The number of ether oxygens (including phenoxy) is 1. The van der Waals surface area contributed by atoms with Gasteiger partial charge in [0.2, 0.25) is 0 Å². The van der Waals surface area contributed by atoms with E-state index in [4.69, 9.17) is 4.74 Å². The van der Waals surface area contributed by atoms with Crippen molar-refractivity contribution in [2.45, 2.75) is 6.92 Å². The second kappa shape index (κ2) is 7.30. The van der Waals surface area contributed by atoms with E-state index >= 15 is 0 Å². The summed E-state index contributed by atoms with van der Waals surface area (Å²) in [4.78, 5) is 16.1. The highest BCUT2D eigenvalue weighted by Gasteiger charge is 2.22. The summed E-state index contributed by atoms with van der Waals surface area (Å²) in [5, 5.41) is 2.28. The summed E-state index contributed by atoms with van der Waals surface area (Å²) in [7, 11) is 0. The van der Waals surface area contributed by atoms with Crippen LogP contribution in [0.5, 0.6) is 5.75 Å². The molecule has 26 heavy (non-hydrogen) atoms. The largest absolute Gasteiger partial charge is 0.491 e. The van der Waals surface area contributed by atoms with Crippen LogP contribution in [0.3, 0.4) is 0 Å². The van der Waals surface area contributed by atoms with Crippen molar-refractivity contribution in [2.75, 3.05) is 11.9 Å². The fourth-order valence-corrected chi connectivity index (χ4v) is 2.40. The number of halogens is 3. The average Bonchev–Trinajstić information content (AvgIpc) is 3.12. The van der Waals surface area contributed by atoms with Crippen LogP contribution in [0.2, 0.25) is 0 Å². The lowest BCUT2D eigenvalue weighted by Crippen LogP contribution is -2.17. The maximum atomic E-state index is 14.3. The molecule has 1 heterocycles. The van der Waals surface area contributed by atoms with Crippen molar-refractivity contribution < 1.29 is 22.7 Å². The average molecular weight is 361 g/mol. The number of nitrogens with zero attached hydrogens (tertiary/aromatic N) is 2. The number of carbonyl (C=O) groups is 1. The minimum absolute atomic E-state index is 0.0528. The van der Waals surface area contributed by atoms with Gasteiger partial charge in [-0.3, -0.25) is 4.79 Å². The Bertz CT molecular complexity index is 943. The second-order valence-corrected chi connectivity index (χ2v) is 5.26. The molecule has 0 spiro atoms. The number of rotatable bonds is 5. The number of benzene rings is 2. The van der Waals surface area contributed by atoms with Crippen molar-refractivity contribution in [2.24, 2.45) is 0 Å². The third-order valence-corrected chi connectivity index (χ3v) is 3.57. The van der Waals surface area contributed by atoms with Gasteiger partial charge in [-0.25, -0.2) is 18.2 Å². The van der Waals surface area contributed by atoms with Gasteiger partial charge < -0.3 is 14.6 Å². The highest BCUT2D eigenvalue weighted by atomic mass is 19.1. The molecule has 0 saturated carbocycles. The molecule has 3 rings (SSSR count). The van der Waals surface area contributed by atoms with Gasteiger partial charge in [0.05, 0.1) is 18.6 Å². The van der Waals surface area contributed by atoms with E-state index in [1.165, 1.54) is 29.2 Å². The van der Waals surface area contributed by atoms with Gasteiger partial charge >= 0.3 is 0 Å². The molecule has 1 amide bonds. The third kappa shape index (κ3) is 3.39. The predicted molar refractivity (Wildman–Crippen MR) is 89.0 cm³/mol. The summed E-state index contributed by atoms with van der Waals surface area (Å²) < 4.78 is 48.9. The summed E-state index contributed by atoms with van der Waals surface area (Å²) >= 11 is 0. The quantitative estimate of drug-likeness (QED) is 0.749. The SMILES string of the molecule is CCOc1ccc(F)c(C(=O)Nc2ccc(-n3ccnc3)c(F)c2)c1F. The molecule has 0 atom stereocenters. The zero-order valence-electron chi connectivity index (χ0n) is 13.7. The molecule has 5 nitrogen and oxygen atoms in total. The van der Waals surface area contributed by atoms with Gasteiger partial charge in [0.25, 0.3) is 5.91 Å². The number of aromatic nitrogens is 2. The molecule has 0 saturated heterocycles. The van der Waals surface area contributed by atoms with Crippen LogP contribution in [0, 0.1) is 17.5 Å². The normalized spacial score (nSPS) is 10.6. The molecule has 8 heteroatoms. The van der Waals surface area contributed by atoms with Crippen molar-refractivity contribution in [3.63, 3.8) is 0 Å². The van der Waals surface area contributed by atoms with E-state index in [1.807, 2.05) is 0 Å². The maximum Gasteiger partial charge on any atom is 0.261 e. The molecular weight excluding hydrogens is 347 g/mol. The zero-order valence-corrected chi connectivity index (χ0v) is 13.7. The van der Waals surface area contributed by atoms with Gasteiger partial charge in [-0.2, -0.15) is 0 Å². The summed E-state index contributed by atoms with van der Waals surface area (Å²) in [6.45, 7) is 1.79. The minimum Gasteiger partial charge on any atom is -0.491 e. The van der Waals surface area contributed by atoms with Crippen LogP contribution >= 0.6 is 0 Å². The molecule has 0 aliphatic carbocycles. The molecule has 1 N–H and O–H groups in total. The molecule has 0 aliphatic heterocycles. The highest BCUT2D eigenvalue weighted by Crippen LogP contribution is 2.25. The fraction of sp³-hybridized carbons (Fsp3) is 0.111. The monoisotopic (exact) mass is 361 g/mol. The van der Waals surface area contributed by atoms with Crippen molar-refractivity contribution >= 4 is 11.6 Å². The molecule has 0 aliphatic rings. The molecular formula is C18H14F3N3O2. The Hall–Kier alpha value is -3.29. The Kier molecular flexibility index (Phi) is 4.92. The van der Waals surface area contributed by atoms with E-state index in [0.29, 0.717) is 0 Å². The minimum atomic E-state index is -1.11. The summed E-state index contributed by atoms with van der Waals surface area (Å²) in [5.74, 6) is -4.07. The van der Waals surface area contributed by atoms with Crippen molar-refractivity contribution in [3.8, 4) is 11.4 Å². The number of nitrogens with one attached hydrogen (secondary N) is 1.